The quantitative estimate of drug-likeness (QED) is 0.831. The summed E-state index contributed by atoms with van der Waals surface area (Å²) >= 11 is 1.43. The van der Waals surface area contributed by atoms with Crippen molar-refractivity contribution >= 4 is 47.2 Å². The Hall–Kier alpha value is -0.440. The van der Waals surface area contributed by atoms with Crippen molar-refractivity contribution in [2.24, 2.45) is 5.73 Å². The zero-order chi connectivity index (χ0) is 15.6. The summed E-state index contributed by atoms with van der Waals surface area (Å²) in [7, 11) is 0. The molecule has 0 aromatic carbocycles. The van der Waals surface area contributed by atoms with Crippen LogP contribution in [0, 0.1) is 0 Å². The zero-order valence-corrected chi connectivity index (χ0v) is 16.3. The number of amides is 1. The summed E-state index contributed by atoms with van der Waals surface area (Å²) in [6.07, 6.45) is 0.481. The maximum atomic E-state index is 11.8. The van der Waals surface area contributed by atoms with Gasteiger partial charge in [-0.05, 0) is 27.7 Å². The van der Waals surface area contributed by atoms with Crippen LogP contribution in [-0.2, 0) is 16.1 Å². The maximum Gasteiger partial charge on any atom is 0.245 e. The van der Waals surface area contributed by atoms with Crippen molar-refractivity contribution in [3.63, 3.8) is 0 Å². The van der Waals surface area contributed by atoms with Crippen LogP contribution >= 0.6 is 36.2 Å². The molecule has 0 aliphatic carbocycles. The molecule has 6 nitrogen and oxygen atoms in total. The Morgan fingerprint density at radius 3 is 2.52 bits per heavy atom. The molecule has 1 saturated heterocycles. The molecule has 1 aliphatic heterocycles. The number of nitrogens with two attached hydrogens (primary N) is 1. The summed E-state index contributed by atoms with van der Waals surface area (Å²) in [4.78, 5) is 18.6. The Labute approximate surface area is 154 Å². The fourth-order valence-corrected chi connectivity index (χ4v) is 3.03. The number of carbonyl (C=O) groups is 1. The number of thiazole rings is 1. The van der Waals surface area contributed by atoms with Gasteiger partial charge in [-0.1, -0.05) is 0 Å². The third kappa shape index (κ3) is 6.91. The summed E-state index contributed by atoms with van der Waals surface area (Å²) < 4.78 is 5.72. The van der Waals surface area contributed by atoms with Gasteiger partial charge in [0.1, 0.15) is 0 Å². The Kier molecular flexibility index (Phi) is 8.97. The molecule has 2 unspecified atom stereocenters. The normalized spacial score (nSPS) is 22.0. The molecule has 3 N–H and O–H groups in total. The van der Waals surface area contributed by atoms with Crippen molar-refractivity contribution in [1.29, 1.82) is 0 Å². The first kappa shape index (κ1) is 22.6. The van der Waals surface area contributed by atoms with Gasteiger partial charge in [-0.25, -0.2) is 4.98 Å². The lowest BCUT2D eigenvalue weighted by Crippen LogP contribution is -2.45. The Bertz CT molecular complexity index is 497. The molecule has 2 heterocycles. The van der Waals surface area contributed by atoms with E-state index in [0.717, 1.165) is 25.3 Å². The Balaban J connectivity index is 0.00000242. The van der Waals surface area contributed by atoms with Crippen LogP contribution in [0.2, 0.25) is 0 Å². The highest BCUT2D eigenvalue weighted by molar-refractivity contribution is 7.13. The number of aromatic nitrogens is 1. The second-order valence-electron chi connectivity index (χ2n) is 6.27. The molecule has 1 aromatic heterocycles. The van der Waals surface area contributed by atoms with Crippen molar-refractivity contribution in [2.75, 3.05) is 18.4 Å². The SMILES string of the molecule is CC1CN(Cc2csc(NC(=O)C(C)(C)N)n2)CC(C)O1.Cl.Cl. The van der Waals surface area contributed by atoms with Crippen molar-refractivity contribution in [3.05, 3.63) is 11.1 Å². The fraction of sp³-hybridized carbons (Fsp3) is 0.714. The summed E-state index contributed by atoms with van der Waals surface area (Å²) in [5, 5.41) is 5.33. The molecule has 2 atom stereocenters. The van der Waals surface area contributed by atoms with Gasteiger partial charge in [0.25, 0.3) is 0 Å². The molecule has 1 aromatic rings. The van der Waals surface area contributed by atoms with E-state index in [1.54, 1.807) is 13.8 Å². The smallest absolute Gasteiger partial charge is 0.245 e. The van der Waals surface area contributed by atoms with Crippen LogP contribution in [0.25, 0.3) is 0 Å². The van der Waals surface area contributed by atoms with Crippen LogP contribution in [0.3, 0.4) is 0 Å². The van der Waals surface area contributed by atoms with Gasteiger partial charge in [0.2, 0.25) is 5.91 Å². The molecule has 0 radical (unpaired) electrons. The molecule has 0 saturated carbocycles. The first-order valence-electron chi connectivity index (χ1n) is 7.16. The summed E-state index contributed by atoms with van der Waals surface area (Å²) in [6, 6.07) is 0. The number of rotatable bonds is 4. The first-order valence-corrected chi connectivity index (χ1v) is 8.04. The van der Waals surface area contributed by atoms with Gasteiger partial charge in [-0.15, -0.1) is 36.2 Å². The molecule has 23 heavy (non-hydrogen) atoms. The molecule has 1 amide bonds. The van der Waals surface area contributed by atoms with Gasteiger partial charge in [0, 0.05) is 25.0 Å². The molecule has 134 valence electrons. The van der Waals surface area contributed by atoms with E-state index < -0.39 is 5.54 Å². The number of nitrogens with zero attached hydrogens (tertiary/aromatic N) is 2. The number of anilines is 1. The second-order valence-corrected chi connectivity index (χ2v) is 7.13. The number of halogens is 2. The summed E-state index contributed by atoms with van der Waals surface area (Å²) in [6.45, 7) is 10.1. The van der Waals surface area contributed by atoms with Crippen LogP contribution in [0.5, 0.6) is 0 Å². The van der Waals surface area contributed by atoms with Crippen LogP contribution < -0.4 is 11.1 Å². The number of hydrogen-bond donors (Lipinski definition) is 2. The lowest BCUT2D eigenvalue weighted by atomic mass is 10.1. The monoisotopic (exact) mass is 384 g/mol. The fourth-order valence-electron chi connectivity index (χ4n) is 2.34. The van der Waals surface area contributed by atoms with Crippen LogP contribution in [0.4, 0.5) is 5.13 Å². The number of nitrogens with one attached hydrogen (secondary N) is 1. The number of hydrogen-bond acceptors (Lipinski definition) is 6. The van der Waals surface area contributed by atoms with Crippen LogP contribution in [-0.4, -0.2) is 46.6 Å². The summed E-state index contributed by atoms with van der Waals surface area (Å²) in [5.74, 6) is -0.225. The lowest BCUT2D eigenvalue weighted by molar-refractivity contribution is -0.120. The molecule has 1 aliphatic rings. The van der Waals surface area contributed by atoms with E-state index in [1.807, 2.05) is 5.38 Å². The van der Waals surface area contributed by atoms with E-state index in [9.17, 15) is 4.79 Å². The molecule has 1 fully saturated rings. The van der Waals surface area contributed by atoms with E-state index >= 15 is 0 Å². The minimum Gasteiger partial charge on any atom is -0.373 e. The standard InChI is InChI=1S/C14H24N4O2S.2ClH/c1-9-5-18(6-10(2)20-9)7-11-8-21-13(16-11)17-12(19)14(3,4)15;;/h8-10H,5-7,15H2,1-4H3,(H,16,17,19);2*1H. The molecule has 2 rings (SSSR count). The van der Waals surface area contributed by atoms with Crippen molar-refractivity contribution in [3.8, 4) is 0 Å². The average Bonchev–Trinajstić information content (AvgIpc) is 2.73. The average molecular weight is 385 g/mol. The zero-order valence-electron chi connectivity index (χ0n) is 13.9. The Morgan fingerprint density at radius 2 is 2.00 bits per heavy atom. The van der Waals surface area contributed by atoms with Crippen LogP contribution in [0.1, 0.15) is 33.4 Å². The van der Waals surface area contributed by atoms with Gasteiger partial charge in [-0.2, -0.15) is 0 Å². The van der Waals surface area contributed by atoms with E-state index in [4.69, 9.17) is 10.5 Å². The predicted molar refractivity (Wildman–Crippen MR) is 98.8 cm³/mol. The van der Waals surface area contributed by atoms with Gasteiger partial charge < -0.3 is 15.8 Å². The van der Waals surface area contributed by atoms with E-state index in [2.05, 4.69) is 29.0 Å². The molecule has 0 bridgehead atoms. The minimum absolute atomic E-state index is 0. The van der Waals surface area contributed by atoms with E-state index in [0.29, 0.717) is 5.13 Å². The third-order valence-electron chi connectivity index (χ3n) is 3.24. The molecular weight excluding hydrogens is 359 g/mol. The largest absolute Gasteiger partial charge is 0.373 e. The Morgan fingerprint density at radius 1 is 1.43 bits per heavy atom. The van der Waals surface area contributed by atoms with Gasteiger partial charge in [0.15, 0.2) is 5.13 Å². The van der Waals surface area contributed by atoms with E-state index in [-0.39, 0.29) is 42.9 Å². The molecule has 0 spiro atoms. The van der Waals surface area contributed by atoms with Crippen molar-refractivity contribution < 1.29 is 9.53 Å². The first-order chi connectivity index (χ1) is 9.74. The van der Waals surface area contributed by atoms with Gasteiger partial charge in [-0.3, -0.25) is 9.69 Å². The van der Waals surface area contributed by atoms with E-state index in [1.165, 1.54) is 11.3 Å². The van der Waals surface area contributed by atoms with Crippen LogP contribution in [0.15, 0.2) is 5.38 Å². The molecule has 9 heteroatoms. The second kappa shape index (κ2) is 9.15. The summed E-state index contributed by atoms with van der Waals surface area (Å²) in [5.41, 5.74) is 5.82. The highest BCUT2D eigenvalue weighted by atomic mass is 35.5. The molecular formula is C14H26Cl2N4O2S. The highest BCUT2D eigenvalue weighted by Gasteiger charge is 2.24. The topological polar surface area (TPSA) is 80.5 Å². The lowest BCUT2D eigenvalue weighted by Gasteiger charge is -2.34. The van der Waals surface area contributed by atoms with Gasteiger partial charge >= 0.3 is 0 Å². The number of ether oxygens (including phenoxy) is 1. The van der Waals surface area contributed by atoms with Gasteiger partial charge in [0.05, 0.1) is 23.4 Å². The van der Waals surface area contributed by atoms with Crippen molar-refractivity contribution in [1.82, 2.24) is 9.88 Å². The predicted octanol–water partition coefficient (Wildman–Crippen LogP) is 2.27. The highest BCUT2D eigenvalue weighted by Crippen LogP contribution is 2.20. The number of carbonyl (C=O) groups excluding carboxylic acids is 1. The maximum absolute atomic E-state index is 11.8. The van der Waals surface area contributed by atoms with Crippen molar-refractivity contribution in [2.45, 2.75) is 52.0 Å². The minimum atomic E-state index is -0.902. The number of morpholine rings is 1. The third-order valence-corrected chi connectivity index (χ3v) is 4.04.